The average Bonchev–Trinajstić information content (AvgIpc) is 2.88. The summed E-state index contributed by atoms with van der Waals surface area (Å²) in [6.45, 7) is 2.19. The van der Waals surface area contributed by atoms with E-state index >= 15 is 0 Å². The highest BCUT2D eigenvalue weighted by Gasteiger charge is 2.20. The Morgan fingerprint density at radius 3 is 3.13 bits per heavy atom. The summed E-state index contributed by atoms with van der Waals surface area (Å²) in [5.41, 5.74) is 2.47. The van der Waals surface area contributed by atoms with Crippen LogP contribution in [0.25, 0.3) is 10.9 Å². The topological polar surface area (TPSA) is 40.7 Å². The van der Waals surface area contributed by atoms with Crippen LogP contribution in [0.4, 0.5) is 0 Å². The molecule has 1 aromatic carbocycles. The fraction of sp³-hybridized carbons (Fsp3) is 0.364. The summed E-state index contributed by atoms with van der Waals surface area (Å²) in [5.74, 6) is 0.615. The molecule has 15 heavy (non-hydrogen) atoms. The number of aromatic nitrogens is 2. The molecule has 0 radical (unpaired) electrons. The molecule has 0 bridgehead atoms. The monoisotopic (exact) mass is 265 g/mol. The average molecular weight is 266 g/mol. The van der Waals surface area contributed by atoms with Gasteiger partial charge in [0.1, 0.15) is 4.60 Å². The normalized spacial score (nSPS) is 21.3. The van der Waals surface area contributed by atoms with E-state index in [2.05, 4.69) is 49.6 Å². The molecule has 0 saturated carbocycles. The smallest absolute Gasteiger partial charge is 0.108 e. The van der Waals surface area contributed by atoms with Crippen molar-refractivity contribution >= 4 is 26.8 Å². The van der Waals surface area contributed by atoms with E-state index in [1.165, 1.54) is 17.4 Å². The standard InChI is InChI=1S/C11H12BrN3/c12-11-9-3-1-2-8(10(9)14-15-11)7-4-5-13-6-7/h1-3,7,13H,4-6H2,(H,14,15). The van der Waals surface area contributed by atoms with Crippen LogP contribution in [0.3, 0.4) is 0 Å². The van der Waals surface area contributed by atoms with Crippen LogP contribution < -0.4 is 5.32 Å². The molecule has 2 heterocycles. The van der Waals surface area contributed by atoms with E-state index in [1.807, 2.05) is 0 Å². The van der Waals surface area contributed by atoms with Crippen molar-refractivity contribution in [1.29, 1.82) is 0 Å². The molecule has 1 fully saturated rings. The number of rotatable bonds is 1. The molecule has 0 amide bonds. The van der Waals surface area contributed by atoms with E-state index < -0.39 is 0 Å². The third-order valence-corrected chi connectivity index (χ3v) is 3.67. The van der Waals surface area contributed by atoms with E-state index in [4.69, 9.17) is 0 Å². The van der Waals surface area contributed by atoms with Gasteiger partial charge >= 0.3 is 0 Å². The van der Waals surface area contributed by atoms with Crippen molar-refractivity contribution in [2.75, 3.05) is 13.1 Å². The molecular formula is C11H12BrN3. The Morgan fingerprint density at radius 2 is 2.33 bits per heavy atom. The molecule has 1 aliphatic heterocycles. The molecule has 3 nitrogen and oxygen atoms in total. The zero-order valence-electron chi connectivity index (χ0n) is 8.26. The zero-order chi connectivity index (χ0) is 10.3. The Morgan fingerprint density at radius 1 is 1.40 bits per heavy atom. The van der Waals surface area contributed by atoms with Gasteiger partial charge in [0, 0.05) is 11.9 Å². The molecule has 1 aromatic heterocycles. The van der Waals surface area contributed by atoms with Crippen molar-refractivity contribution < 1.29 is 0 Å². The van der Waals surface area contributed by atoms with Gasteiger partial charge in [0.25, 0.3) is 0 Å². The van der Waals surface area contributed by atoms with E-state index in [0.717, 1.165) is 23.2 Å². The fourth-order valence-electron chi connectivity index (χ4n) is 2.28. The fourth-order valence-corrected chi connectivity index (χ4v) is 2.69. The molecule has 1 unspecified atom stereocenters. The lowest BCUT2D eigenvalue weighted by atomic mass is 9.96. The van der Waals surface area contributed by atoms with Gasteiger partial charge in [0.05, 0.1) is 5.52 Å². The second-order valence-corrected chi connectivity index (χ2v) is 4.76. The van der Waals surface area contributed by atoms with E-state index in [9.17, 15) is 0 Å². The number of hydrogen-bond donors (Lipinski definition) is 2. The number of halogens is 1. The molecule has 3 rings (SSSR count). The maximum Gasteiger partial charge on any atom is 0.108 e. The van der Waals surface area contributed by atoms with Crippen LogP contribution in [0.15, 0.2) is 22.8 Å². The number of nitrogens with one attached hydrogen (secondary N) is 2. The molecule has 1 aliphatic rings. The predicted octanol–water partition coefficient (Wildman–Crippen LogP) is 2.40. The van der Waals surface area contributed by atoms with Crippen molar-refractivity contribution in [1.82, 2.24) is 15.5 Å². The number of para-hydroxylation sites is 1. The van der Waals surface area contributed by atoms with Gasteiger partial charge in [-0.25, -0.2) is 0 Å². The van der Waals surface area contributed by atoms with Gasteiger partial charge in [-0.2, -0.15) is 5.10 Å². The molecule has 2 aromatic rings. The minimum Gasteiger partial charge on any atom is -0.316 e. The number of hydrogen-bond acceptors (Lipinski definition) is 2. The Labute approximate surface area is 96.4 Å². The van der Waals surface area contributed by atoms with Gasteiger partial charge in [-0.1, -0.05) is 18.2 Å². The third-order valence-electron chi connectivity index (χ3n) is 3.07. The Balaban J connectivity index is 2.17. The van der Waals surface area contributed by atoms with Gasteiger partial charge in [0.2, 0.25) is 0 Å². The molecular weight excluding hydrogens is 254 g/mol. The lowest BCUT2D eigenvalue weighted by Crippen LogP contribution is -2.08. The summed E-state index contributed by atoms with van der Waals surface area (Å²) in [7, 11) is 0. The number of H-pyrrole nitrogens is 1. The number of fused-ring (bicyclic) bond motifs is 1. The first-order valence-corrected chi connectivity index (χ1v) is 5.99. The van der Waals surface area contributed by atoms with E-state index in [0.29, 0.717) is 5.92 Å². The second-order valence-electron chi connectivity index (χ2n) is 3.97. The molecule has 2 N–H and O–H groups in total. The molecule has 4 heteroatoms. The summed E-state index contributed by atoms with van der Waals surface area (Å²) in [5, 5.41) is 11.9. The SMILES string of the molecule is Brc1[nH]nc2c(C3CCNC3)cccc12. The summed E-state index contributed by atoms with van der Waals surface area (Å²) in [4.78, 5) is 0. The number of nitrogens with zero attached hydrogens (tertiary/aromatic N) is 1. The maximum absolute atomic E-state index is 4.36. The maximum atomic E-state index is 4.36. The molecule has 78 valence electrons. The highest BCUT2D eigenvalue weighted by atomic mass is 79.9. The van der Waals surface area contributed by atoms with Gasteiger partial charge in [-0.3, -0.25) is 5.10 Å². The highest BCUT2D eigenvalue weighted by Crippen LogP contribution is 2.30. The molecule has 0 aliphatic carbocycles. The minimum absolute atomic E-state index is 0.615. The highest BCUT2D eigenvalue weighted by molar-refractivity contribution is 9.10. The van der Waals surface area contributed by atoms with Crippen molar-refractivity contribution in [3.8, 4) is 0 Å². The van der Waals surface area contributed by atoms with Crippen LogP contribution in [-0.2, 0) is 0 Å². The van der Waals surface area contributed by atoms with Crippen molar-refractivity contribution in [2.45, 2.75) is 12.3 Å². The summed E-state index contributed by atoms with van der Waals surface area (Å²) in [6.07, 6.45) is 1.21. The largest absolute Gasteiger partial charge is 0.316 e. The predicted molar refractivity (Wildman–Crippen MR) is 64.0 cm³/mol. The van der Waals surface area contributed by atoms with Crippen molar-refractivity contribution in [3.05, 3.63) is 28.4 Å². The van der Waals surface area contributed by atoms with Crippen LogP contribution in [0.1, 0.15) is 17.9 Å². The van der Waals surface area contributed by atoms with E-state index in [-0.39, 0.29) is 0 Å². The summed E-state index contributed by atoms with van der Waals surface area (Å²) >= 11 is 3.48. The minimum atomic E-state index is 0.615. The second kappa shape index (κ2) is 3.61. The Hall–Kier alpha value is -0.870. The number of benzene rings is 1. The molecule has 1 saturated heterocycles. The van der Waals surface area contributed by atoms with Crippen LogP contribution in [-0.4, -0.2) is 23.3 Å². The first-order chi connectivity index (χ1) is 7.36. The first kappa shape index (κ1) is 9.36. The third kappa shape index (κ3) is 1.48. The number of aromatic amines is 1. The summed E-state index contributed by atoms with van der Waals surface area (Å²) in [6, 6.07) is 6.39. The zero-order valence-corrected chi connectivity index (χ0v) is 9.84. The first-order valence-electron chi connectivity index (χ1n) is 5.19. The molecule has 0 spiro atoms. The van der Waals surface area contributed by atoms with Crippen LogP contribution in [0, 0.1) is 0 Å². The van der Waals surface area contributed by atoms with Crippen LogP contribution >= 0.6 is 15.9 Å². The van der Waals surface area contributed by atoms with Gasteiger partial charge in [-0.05, 0) is 40.4 Å². The summed E-state index contributed by atoms with van der Waals surface area (Å²) < 4.78 is 0.977. The van der Waals surface area contributed by atoms with Gasteiger partial charge < -0.3 is 5.32 Å². The van der Waals surface area contributed by atoms with Crippen molar-refractivity contribution in [3.63, 3.8) is 0 Å². The quantitative estimate of drug-likeness (QED) is 0.832. The lowest BCUT2D eigenvalue weighted by molar-refractivity contribution is 0.767. The van der Waals surface area contributed by atoms with Crippen LogP contribution in [0.2, 0.25) is 0 Å². The van der Waals surface area contributed by atoms with E-state index in [1.54, 1.807) is 0 Å². The van der Waals surface area contributed by atoms with Crippen molar-refractivity contribution in [2.24, 2.45) is 0 Å². The van der Waals surface area contributed by atoms with Gasteiger partial charge in [-0.15, -0.1) is 0 Å². The van der Waals surface area contributed by atoms with Gasteiger partial charge in [0.15, 0.2) is 0 Å². The van der Waals surface area contributed by atoms with Crippen LogP contribution in [0.5, 0.6) is 0 Å². The molecule has 1 atom stereocenters. The Kier molecular flexibility index (Phi) is 2.25. The Bertz CT molecular complexity index is 486. The lowest BCUT2D eigenvalue weighted by Gasteiger charge is -2.08.